The fourth-order valence-corrected chi connectivity index (χ4v) is 11.3. The predicted molar refractivity (Wildman–Crippen MR) is 246 cm³/mol. The van der Waals surface area contributed by atoms with E-state index in [9.17, 15) is 0 Å². The van der Waals surface area contributed by atoms with Gasteiger partial charge >= 0.3 is 21.1 Å². The molecule has 10 aromatic rings. The number of rotatable bonds is 8. The van der Waals surface area contributed by atoms with Gasteiger partial charge in [0.2, 0.25) is 0 Å². The quantitative estimate of drug-likeness (QED) is 0.164. The van der Waals surface area contributed by atoms with Crippen molar-refractivity contribution in [2.75, 3.05) is 0 Å². The minimum atomic E-state index is -0.877. The molecule has 0 radical (unpaired) electrons. The van der Waals surface area contributed by atoms with Crippen LogP contribution in [0.15, 0.2) is 231 Å². The summed E-state index contributed by atoms with van der Waals surface area (Å²) in [5, 5.41) is 36.7. The van der Waals surface area contributed by atoms with E-state index in [-0.39, 0.29) is 21.1 Å². The van der Waals surface area contributed by atoms with Crippen molar-refractivity contribution in [2.45, 2.75) is 0 Å². The average molecular weight is 1010 g/mol. The first-order valence-corrected chi connectivity index (χ1v) is 22.1. The second-order valence-electron chi connectivity index (χ2n) is 12.8. The number of aromatic nitrogens is 10. The van der Waals surface area contributed by atoms with Crippen LogP contribution in [-0.2, 0) is 21.1 Å². The summed E-state index contributed by atoms with van der Waals surface area (Å²) in [5.74, 6) is 1.02. The third-order valence-corrected chi connectivity index (χ3v) is 14.3. The van der Waals surface area contributed by atoms with Crippen LogP contribution in [0.4, 0.5) is 0 Å². The van der Waals surface area contributed by atoms with Crippen LogP contribution in [0.1, 0.15) is 0 Å². The molecule has 0 aliphatic carbocycles. The van der Waals surface area contributed by atoms with Gasteiger partial charge < -0.3 is 10.2 Å². The number of hydrogen-bond acceptors (Lipinski definition) is 8. The van der Waals surface area contributed by atoms with Gasteiger partial charge in [0.25, 0.3) is 0 Å². The number of tetrazole rings is 2. The normalized spacial score (nSPS) is 10.1. The molecule has 0 saturated carbocycles. The van der Waals surface area contributed by atoms with Crippen LogP contribution in [0, 0.1) is 0 Å². The fraction of sp³-hybridized carbons (Fsp3) is 0. The van der Waals surface area contributed by atoms with Crippen LogP contribution < -0.4 is 42.0 Å². The van der Waals surface area contributed by atoms with Crippen LogP contribution in [-0.4, -0.2) is 41.0 Å². The monoisotopic (exact) mass is 1010 g/mol. The van der Waals surface area contributed by atoms with Crippen molar-refractivity contribution in [3.05, 3.63) is 231 Å². The van der Waals surface area contributed by atoms with Crippen molar-refractivity contribution in [3.8, 4) is 22.8 Å². The Morgan fingerprint density at radius 1 is 0.311 bits per heavy atom. The Bertz CT molecular complexity index is 2250. The number of benzene rings is 6. The summed E-state index contributed by atoms with van der Waals surface area (Å²) < 4.78 is 0. The molecule has 0 spiro atoms. The van der Waals surface area contributed by atoms with Crippen LogP contribution in [0.5, 0.6) is 0 Å². The first-order chi connectivity index (χ1) is 29.8. The summed E-state index contributed by atoms with van der Waals surface area (Å²) >= 11 is 0. The van der Waals surface area contributed by atoms with Crippen LogP contribution >= 0.6 is 15.8 Å². The van der Waals surface area contributed by atoms with Gasteiger partial charge in [-0.15, -0.1) is 0 Å². The summed E-state index contributed by atoms with van der Waals surface area (Å²) in [5.41, 5.74) is 1.66. The summed E-state index contributed by atoms with van der Waals surface area (Å²) in [7, 11) is -1.75. The van der Waals surface area contributed by atoms with E-state index >= 15 is 0 Å². The van der Waals surface area contributed by atoms with Crippen molar-refractivity contribution in [3.63, 3.8) is 0 Å². The molecule has 0 fully saturated rings. The molecule has 0 N–H and O–H groups in total. The van der Waals surface area contributed by atoms with Gasteiger partial charge in [-0.3, -0.25) is 30.6 Å². The van der Waals surface area contributed by atoms with Crippen LogP contribution in [0.3, 0.4) is 0 Å². The Kier molecular flexibility index (Phi) is 17.6. The summed E-state index contributed by atoms with van der Waals surface area (Å²) in [6.45, 7) is 0. The van der Waals surface area contributed by atoms with Gasteiger partial charge in [-0.2, -0.15) is 10.4 Å². The van der Waals surface area contributed by atoms with E-state index in [0.29, 0.717) is 11.6 Å². The fourth-order valence-electron chi connectivity index (χ4n) is 6.14. The standard InChI is InChI=1S/2C18H15P.2C6H4N5.Pt/c2*1-4-10-16(11-5-1)19(17-12-6-2-7-13-17)18-14-8-3-9-15-18;2*1-2-5(4-7-3-1)6-8-10-11-9-6;/h2*1-15H;2*1-4H;/q;;2*-1;+2/p+2. The van der Waals surface area contributed by atoms with Crippen LogP contribution in [0.25, 0.3) is 22.8 Å². The van der Waals surface area contributed by atoms with Gasteiger partial charge in [-0.05, 0) is 84.9 Å². The number of pyridine rings is 2. The average Bonchev–Trinajstić information content (AvgIpc) is 4.10. The largest absolute Gasteiger partial charge is 2.00 e. The van der Waals surface area contributed by atoms with Gasteiger partial charge in [0.05, 0.1) is 15.8 Å². The van der Waals surface area contributed by atoms with Gasteiger partial charge in [-0.1, -0.05) is 121 Å². The van der Waals surface area contributed by atoms with Gasteiger partial charge in [-0.25, -0.2) is 0 Å². The molecule has 13 heteroatoms. The molecule has 10 rings (SSSR count). The molecule has 0 aliphatic rings. The summed E-state index contributed by atoms with van der Waals surface area (Å²) in [6, 6.07) is 72.3. The van der Waals surface area contributed by atoms with Gasteiger partial charge in [0, 0.05) is 47.6 Å². The molecule has 0 aliphatic heterocycles. The van der Waals surface area contributed by atoms with Crippen molar-refractivity contribution < 1.29 is 21.1 Å². The molecule has 10 nitrogen and oxygen atoms in total. The van der Waals surface area contributed by atoms with Crippen molar-refractivity contribution >= 4 is 47.7 Å². The molecular formula is C48H40N10P2Pt+2. The summed E-state index contributed by atoms with van der Waals surface area (Å²) in [4.78, 5) is 7.81. The van der Waals surface area contributed by atoms with Gasteiger partial charge in [0.1, 0.15) is 31.8 Å². The minimum absolute atomic E-state index is 0. The maximum atomic E-state index is 3.91. The molecule has 6 aromatic carbocycles. The molecule has 4 aromatic heterocycles. The third-order valence-electron chi connectivity index (χ3n) is 8.85. The van der Waals surface area contributed by atoms with Crippen molar-refractivity contribution in [1.29, 1.82) is 0 Å². The zero-order valence-electron chi connectivity index (χ0n) is 32.7. The van der Waals surface area contributed by atoms with Gasteiger partial charge in [0.15, 0.2) is 0 Å². The molecule has 4 heterocycles. The van der Waals surface area contributed by atoms with E-state index in [0.717, 1.165) is 11.1 Å². The Balaban J connectivity index is 0.000000140. The third kappa shape index (κ3) is 13.1. The minimum Gasteiger partial charge on any atom is -0.330 e. The zero-order valence-corrected chi connectivity index (χ0v) is 37.0. The molecule has 0 atom stereocenters. The van der Waals surface area contributed by atoms with E-state index in [4.69, 9.17) is 0 Å². The van der Waals surface area contributed by atoms with E-state index < -0.39 is 15.8 Å². The Morgan fingerprint density at radius 3 is 0.770 bits per heavy atom. The molecule has 300 valence electrons. The molecule has 0 bridgehead atoms. The number of nitrogens with zero attached hydrogens (tertiary/aromatic N) is 10. The van der Waals surface area contributed by atoms with Crippen molar-refractivity contribution in [1.82, 2.24) is 51.2 Å². The molecule has 0 amide bonds. The molecule has 61 heavy (non-hydrogen) atoms. The SMILES string of the molecule is [Pt+2].c1ccc([PH+](c2ccccc2)c2ccccc2)cc1.c1ccc([PH+](c2ccccc2)c2ccccc2)cc1.c1cncc(-c2nnn[n-]2)c1.c1cncc(-c2nnn[n-]2)c1. The van der Waals surface area contributed by atoms with E-state index in [1.54, 1.807) is 24.8 Å². The van der Waals surface area contributed by atoms with E-state index in [1.165, 1.54) is 31.8 Å². The smallest absolute Gasteiger partial charge is 0.330 e. The van der Waals surface area contributed by atoms with E-state index in [1.807, 2.05) is 24.3 Å². The topological polar surface area (TPSA) is 131 Å². The second-order valence-corrected chi connectivity index (χ2v) is 17.8. The maximum absolute atomic E-state index is 3.91. The first-order valence-electron chi connectivity index (χ1n) is 19.1. The predicted octanol–water partition coefficient (Wildman–Crippen LogP) is 6.13. The Labute approximate surface area is 371 Å². The summed E-state index contributed by atoms with van der Waals surface area (Å²) in [6.07, 6.45) is 6.71. The Morgan fingerprint density at radius 2 is 0.574 bits per heavy atom. The van der Waals surface area contributed by atoms with Crippen molar-refractivity contribution in [2.24, 2.45) is 0 Å². The Hall–Kier alpha value is -6.69. The van der Waals surface area contributed by atoms with Crippen LogP contribution in [0.2, 0.25) is 0 Å². The van der Waals surface area contributed by atoms with E-state index in [2.05, 4.69) is 233 Å². The number of hydrogen-bond donors (Lipinski definition) is 0. The second kappa shape index (κ2) is 24.4. The molecular weight excluding hydrogens is 974 g/mol. The molecule has 0 saturated heterocycles. The molecule has 0 unspecified atom stereocenters. The maximum Gasteiger partial charge on any atom is 2.00 e. The first kappa shape index (κ1) is 43.9. The zero-order chi connectivity index (χ0) is 40.9.